The number of benzene rings is 2. The standard InChI is InChI=1S/C22H24N2O3/c1-15(25)24-14-19(16-5-3-2-4-6-16)20-13-23(12-11-21(20)24)22(27)17-7-9-18(26)10-8-17/h2-10,19-21,26H,11-14H2,1H3/t19-,20-,21-/m1/s1. The van der Waals surface area contributed by atoms with Gasteiger partial charge in [0.25, 0.3) is 5.91 Å². The summed E-state index contributed by atoms with van der Waals surface area (Å²) < 4.78 is 0. The molecule has 1 N–H and O–H groups in total. The van der Waals surface area contributed by atoms with Crippen molar-refractivity contribution in [1.82, 2.24) is 9.80 Å². The number of hydrogen-bond donors (Lipinski definition) is 1. The van der Waals surface area contributed by atoms with Gasteiger partial charge in [0.15, 0.2) is 0 Å². The zero-order valence-corrected chi connectivity index (χ0v) is 15.4. The molecule has 2 heterocycles. The predicted molar refractivity (Wildman–Crippen MR) is 102 cm³/mol. The molecule has 0 aliphatic carbocycles. The molecule has 4 rings (SSSR count). The second kappa shape index (κ2) is 7.06. The van der Waals surface area contributed by atoms with Crippen LogP contribution in [0.25, 0.3) is 0 Å². The van der Waals surface area contributed by atoms with Crippen LogP contribution in [0.4, 0.5) is 0 Å². The lowest BCUT2D eigenvalue weighted by Crippen LogP contribution is -2.49. The van der Waals surface area contributed by atoms with Crippen molar-refractivity contribution in [1.29, 1.82) is 0 Å². The zero-order chi connectivity index (χ0) is 19.0. The number of nitrogens with zero attached hydrogens (tertiary/aromatic N) is 2. The number of carbonyl (C=O) groups is 2. The Morgan fingerprint density at radius 3 is 2.37 bits per heavy atom. The van der Waals surface area contributed by atoms with Crippen LogP contribution in [0.15, 0.2) is 54.6 Å². The van der Waals surface area contributed by atoms with Gasteiger partial charge in [0.2, 0.25) is 5.91 Å². The third kappa shape index (κ3) is 3.29. The molecule has 0 saturated carbocycles. The van der Waals surface area contributed by atoms with Crippen LogP contribution in [0.2, 0.25) is 0 Å². The summed E-state index contributed by atoms with van der Waals surface area (Å²) in [4.78, 5) is 29.0. The quantitative estimate of drug-likeness (QED) is 0.891. The molecule has 5 nitrogen and oxygen atoms in total. The molecule has 2 saturated heterocycles. The average Bonchev–Trinajstić information content (AvgIpc) is 3.08. The molecule has 2 aliphatic rings. The summed E-state index contributed by atoms with van der Waals surface area (Å²) in [6.45, 7) is 3.65. The fraction of sp³-hybridized carbons (Fsp3) is 0.364. The minimum atomic E-state index is -0.0125. The minimum Gasteiger partial charge on any atom is -0.508 e. The van der Waals surface area contributed by atoms with Crippen LogP contribution in [0.3, 0.4) is 0 Å². The second-order valence-corrected chi connectivity index (χ2v) is 7.51. The van der Waals surface area contributed by atoms with Gasteiger partial charge in [-0.2, -0.15) is 0 Å². The number of likely N-dealkylation sites (tertiary alicyclic amines) is 2. The van der Waals surface area contributed by atoms with Gasteiger partial charge in [-0.25, -0.2) is 0 Å². The molecule has 2 fully saturated rings. The molecule has 3 atom stereocenters. The van der Waals surface area contributed by atoms with E-state index in [0.717, 1.165) is 13.0 Å². The number of amides is 2. The van der Waals surface area contributed by atoms with Gasteiger partial charge in [-0.3, -0.25) is 9.59 Å². The summed E-state index contributed by atoms with van der Waals surface area (Å²) >= 11 is 0. The van der Waals surface area contributed by atoms with Crippen LogP contribution in [-0.2, 0) is 4.79 Å². The van der Waals surface area contributed by atoms with Gasteiger partial charge in [-0.1, -0.05) is 30.3 Å². The molecule has 0 bridgehead atoms. The van der Waals surface area contributed by atoms with Crippen LogP contribution in [-0.4, -0.2) is 52.4 Å². The fourth-order valence-corrected chi connectivity index (χ4v) is 4.62. The van der Waals surface area contributed by atoms with Crippen molar-refractivity contribution in [3.8, 4) is 5.75 Å². The SMILES string of the molecule is CC(=O)N1C[C@H](c2ccccc2)[C@H]2CN(C(=O)c3ccc(O)cc3)CC[C@H]21. The highest BCUT2D eigenvalue weighted by atomic mass is 16.3. The van der Waals surface area contributed by atoms with E-state index >= 15 is 0 Å². The first-order valence-electron chi connectivity index (χ1n) is 9.45. The number of hydrogen-bond acceptors (Lipinski definition) is 3. The Balaban J connectivity index is 1.58. The van der Waals surface area contributed by atoms with Crippen LogP contribution < -0.4 is 0 Å². The smallest absolute Gasteiger partial charge is 0.253 e. The molecule has 2 amide bonds. The topological polar surface area (TPSA) is 60.9 Å². The first-order chi connectivity index (χ1) is 13.0. The number of aromatic hydroxyl groups is 1. The van der Waals surface area contributed by atoms with Crippen LogP contribution in [0.5, 0.6) is 5.75 Å². The number of phenols is 1. The van der Waals surface area contributed by atoms with Crippen molar-refractivity contribution in [2.45, 2.75) is 25.3 Å². The van der Waals surface area contributed by atoms with Crippen LogP contribution >= 0.6 is 0 Å². The molecule has 2 aromatic carbocycles. The lowest BCUT2D eigenvalue weighted by molar-refractivity contribution is -0.130. The predicted octanol–water partition coefficient (Wildman–Crippen LogP) is 2.87. The van der Waals surface area contributed by atoms with E-state index in [0.29, 0.717) is 18.7 Å². The summed E-state index contributed by atoms with van der Waals surface area (Å²) in [7, 11) is 0. The number of piperidine rings is 1. The van der Waals surface area contributed by atoms with E-state index in [1.165, 1.54) is 5.56 Å². The monoisotopic (exact) mass is 364 g/mol. The third-order valence-corrected chi connectivity index (χ3v) is 5.96. The van der Waals surface area contributed by atoms with Gasteiger partial charge in [-0.05, 0) is 36.2 Å². The second-order valence-electron chi connectivity index (χ2n) is 7.51. The van der Waals surface area contributed by atoms with Crippen LogP contribution in [0.1, 0.15) is 35.2 Å². The van der Waals surface area contributed by atoms with E-state index in [-0.39, 0.29) is 35.4 Å². The molecule has 0 spiro atoms. The van der Waals surface area contributed by atoms with Gasteiger partial charge < -0.3 is 14.9 Å². The van der Waals surface area contributed by atoms with Crippen molar-refractivity contribution >= 4 is 11.8 Å². The van der Waals surface area contributed by atoms with Crippen LogP contribution in [0, 0.1) is 5.92 Å². The van der Waals surface area contributed by atoms with E-state index < -0.39 is 0 Å². The molecule has 2 aliphatic heterocycles. The largest absolute Gasteiger partial charge is 0.508 e. The molecular formula is C22H24N2O3. The summed E-state index contributed by atoms with van der Waals surface area (Å²) in [6.07, 6.45) is 0.803. The zero-order valence-electron chi connectivity index (χ0n) is 15.4. The van der Waals surface area contributed by atoms with Gasteiger partial charge >= 0.3 is 0 Å². The molecular weight excluding hydrogens is 340 g/mol. The Kier molecular flexibility index (Phi) is 4.60. The summed E-state index contributed by atoms with van der Waals surface area (Å²) in [5, 5.41) is 9.45. The maximum atomic E-state index is 12.9. The Morgan fingerprint density at radius 1 is 1.00 bits per heavy atom. The van der Waals surface area contributed by atoms with Gasteiger partial charge in [-0.15, -0.1) is 0 Å². The van der Waals surface area contributed by atoms with Crippen molar-refractivity contribution in [3.63, 3.8) is 0 Å². The highest BCUT2D eigenvalue weighted by Crippen LogP contribution is 2.41. The number of fused-ring (bicyclic) bond motifs is 1. The van der Waals surface area contributed by atoms with E-state index in [2.05, 4.69) is 12.1 Å². The molecule has 0 unspecified atom stereocenters. The Hall–Kier alpha value is -2.82. The van der Waals surface area contributed by atoms with E-state index in [4.69, 9.17) is 0 Å². The lowest BCUT2D eigenvalue weighted by atomic mass is 9.81. The molecule has 2 aromatic rings. The van der Waals surface area contributed by atoms with Crippen molar-refractivity contribution < 1.29 is 14.7 Å². The van der Waals surface area contributed by atoms with E-state index in [9.17, 15) is 14.7 Å². The summed E-state index contributed by atoms with van der Waals surface area (Å²) in [6, 6.07) is 16.9. The maximum absolute atomic E-state index is 12.9. The Morgan fingerprint density at radius 2 is 1.70 bits per heavy atom. The molecule has 0 radical (unpaired) electrons. The Labute approximate surface area is 159 Å². The van der Waals surface area contributed by atoms with Crippen molar-refractivity contribution in [3.05, 3.63) is 65.7 Å². The summed E-state index contributed by atoms with van der Waals surface area (Å²) in [5.41, 5.74) is 1.82. The van der Waals surface area contributed by atoms with Crippen molar-refractivity contribution in [2.75, 3.05) is 19.6 Å². The Bertz CT molecular complexity index is 834. The van der Waals surface area contributed by atoms with E-state index in [1.807, 2.05) is 28.0 Å². The number of carbonyl (C=O) groups excluding carboxylic acids is 2. The first kappa shape index (κ1) is 17.6. The third-order valence-electron chi connectivity index (χ3n) is 5.96. The first-order valence-corrected chi connectivity index (χ1v) is 9.45. The highest BCUT2D eigenvalue weighted by molar-refractivity contribution is 5.94. The van der Waals surface area contributed by atoms with Gasteiger partial charge in [0.05, 0.1) is 0 Å². The van der Waals surface area contributed by atoms with Gasteiger partial charge in [0.1, 0.15) is 5.75 Å². The number of phenolic OH excluding ortho intramolecular Hbond substituents is 1. The highest BCUT2D eigenvalue weighted by Gasteiger charge is 2.46. The summed E-state index contributed by atoms with van der Waals surface area (Å²) in [5.74, 6) is 0.743. The normalized spacial score (nSPS) is 24.6. The lowest BCUT2D eigenvalue weighted by Gasteiger charge is -2.38. The number of rotatable bonds is 2. The van der Waals surface area contributed by atoms with E-state index in [1.54, 1.807) is 31.2 Å². The molecule has 0 aromatic heterocycles. The average molecular weight is 364 g/mol. The molecule has 140 valence electrons. The molecule has 5 heteroatoms. The van der Waals surface area contributed by atoms with Crippen molar-refractivity contribution in [2.24, 2.45) is 5.92 Å². The maximum Gasteiger partial charge on any atom is 0.253 e. The molecule has 27 heavy (non-hydrogen) atoms. The minimum absolute atomic E-state index is 0.0125. The van der Waals surface area contributed by atoms with Gasteiger partial charge in [0, 0.05) is 50.0 Å². The fourth-order valence-electron chi connectivity index (χ4n) is 4.62.